The maximum atomic E-state index is 12.5. The van der Waals surface area contributed by atoms with Gasteiger partial charge in [-0.1, -0.05) is 29.8 Å². The lowest BCUT2D eigenvalue weighted by molar-refractivity contribution is -0.274. The summed E-state index contributed by atoms with van der Waals surface area (Å²) in [5.74, 6) is -0.432. The Hall–Kier alpha value is -2.98. The van der Waals surface area contributed by atoms with Crippen molar-refractivity contribution in [3.05, 3.63) is 53.1 Å². The standard InChI is InChI=1S/C20H18ClF3N4O3/c21-14-11-13(5-6-16(14)31-20(22,23)24)12-27-7-9-28(10-8-27)19(29)26-18-25-15-3-1-2-4-17(15)30-18/h1-6,11H,7-10,12H2,(H,25,26,29). The first-order chi connectivity index (χ1) is 14.8. The monoisotopic (exact) mass is 454 g/mol. The Balaban J connectivity index is 1.29. The summed E-state index contributed by atoms with van der Waals surface area (Å²) >= 11 is 5.90. The number of anilines is 1. The van der Waals surface area contributed by atoms with Gasteiger partial charge in [-0.15, -0.1) is 13.2 Å². The van der Waals surface area contributed by atoms with E-state index in [1.54, 1.807) is 23.1 Å². The van der Waals surface area contributed by atoms with Crippen molar-refractivity contribution in [1.29, 1.82) is 0 Å². The summed E-state index contributed by atoms with van der Waals surface area (Å²) in [4.78, 5) is 20.4. The van der Waals surface area contributed by atoms with Crippen LogP contribution in [0, 0.1) is 0 Å². The molecule has 0 spiro atoms. The molecule has 0 radical (unpaired) electrons. The number of alkyl halides is 3. The first-order valence-corrected chi connectivity index (χ1v) is 9.83. The van der Waals surface area contributed by atoms with E-state index in [-0.39, 0.29) is 17.1 Å². The molecule has 2 heterocycles. The molecule has 1 N–H and O–H groups in total. The molecular weight excluding hydrogens is 437 g/mol. The van der Waals surface area contributed by atoms with Gasteiger partial charge in [0.15, 0.2) is 5.58 Å². The first kappa shape index (κ1) is 21.3. The molecule has 11 heteroatoms. The van der Waals surface area contributed by atoms with Crippen LogP contribution in [0.2, 0.25) is 5.02 Å². The van der Waals surface area contributed by atoms with E-state index in [1.807, 2.05) is 12.1 Å². The smallest absolute Gasteiger partial charge is 0.423 e. The van der Waals surface area contributed by atoms with E-state index in [9.17, 15) is 18.0 Å². The largest absolute Gasteiger partial charge is 0.573 e. The summed E-state index contributed by atoms with van der Waals surface area (Å²) in [5, 5.41) is 2.56. The number of nitrogens with zero attached hydrogens (tertiary/aromatic N) is 3. The van der Waals surface area contributed by atoms with Crippen LogP contribution in [0.4, 0.5) is 24.0 Å². The second-order valence-electron chi connectivity index (χ2n) is 6.99. The van der Waals surface area contributed by atoms with E-state index >= 15 is 0 Å². The van der Waals surface area contributed by atoms with Crippen LogP contribution in [-0.4, -0.2) is 53.4 Å². The van der Waals surface area contributed by atoms with Gasteiger partial charge in [0.1, 0.15) is 11.3 Å². The SMILES string of the molecule is O=C(Nc1nc2ccccc2o1)N1CCN(Cc2ccc(OC(F)(F)F)c(Cl)c2)CC1. The van der Waals surface area contributed by atoms with Crippen molar-refractivity contribution in [1.82, 2.24) is 14.8 Å². The predicted molar refractivity (Wildman–Crippen MR) is 108 cm³/mol. The zero-order valence-electron chi connectivity index (χ0n) is 16.2. The lowest BCUT2D eigenvalue weighted by atomic mass is 10.2. The molecule has 0 saturated carbocycles. The molecule has 1 aliphatic rings. The molecule has 2 aromatic carbocycles. The quantitative estimate of drug-likeness (QED) is 0.617. The van der Waals surface area contributed by atoms with E-state index in [1.165, 1.54) is 12.1 Å². The number of para-hydroxylation sites is 2. The minimum atomic E-state index is -4.79. The number of oxazole rings is 1. The van der Waals surface area contributed by atoms with E-state index in [0.29, 0.717) is 43.8 Å². The fourth-order valence-electron chi connectivity index (χ4n) is 3.31. The summed E-state index contributed by atoms with van der Waals surface area (Å²) in [6.07, 6.45) is -4.79. The third-order valence-electron chi connectivity index (χ3n) is 4.80. The highest BCUT2D eigenvalue weighted by atomic mass is 35.5. The Bertz CT molecular complexity index is 1050. The third kappa shape index (κ3) is 5.39. The van der Waals surface area contributed by atoms with Crippen LogP contribution < -0.4 is 10.1 Å². The molecule has 7 nitrogen and oxygen atoms in total. The molecule has 0 atom stereocenters. The maximum absolute atomic E-state index is 12.5. The van der Waals surface area contributed by atoms with Gasteiger partial charge in [0.25, 0.3) is 0 Å². The second-order valence-corrected chi connectivity index (χ2v) is 7.40. The van der Waals surface area contributed by atoms with Gasteiger partial charge in [-0.3, -0.25) is 10.2 Å². The number of rotatable bonds is 4. The van der Waals surface area contributed by atoms with Gasteiger partial charge < -0.3 is 14.1 Å². The Morgan fingerprint density at radius 1 is 1.16 bits per heavy atom. The number of fused-ring (bicyclic) bond motifs is 1. The van der Waals surface area contributed by atoms with Gasteiger partial charge in [0.2, 0.25) is 0 Å². The van der Waals surface area contributed by atoms with Crippen molar-refractivity contribution in [2.75, 3.05) is 31.5 Å². The molecule has 1 fully saturated rings. The lowest BCUT2D eigenvalue weighted by Crippen LogP contribution is -2.49. The van der Waals surface area contributed by atoms with Crippen molar-refractivity contribution < 1.29 is 27.1 Å². The summed E-state index contributed by atoms with van der Waals surface area (Å²) in [7, 11) is 0. The molecular formula is C20H18ClF3N4O3. The number of aromatic nitrogens is 1. The zero-order chi connectivity index (χ0) is 22.0. The molecule has 164 valence electrons. The van der Waals surface area contributed by atoms with Crippen LogP contribution in [0.3, 0.4) is 0 Å². The number of piperazine rings is 1. The number of amides is 2. The number of carbonyl (C=O) groups is 1. The number of halogens is 4. The molecule has 1 aliphatic heterocycles. The molecule has 1 aromatic heterocycles. The summed E-state index contributed by atoms with van der Waals surface area (Å²) in [6.45, 7) is 2.65. The van der Waals surface area contributed by atoms with Gasteiger partial charge in [-0.05, 0) is 29.8 Å². The van der Waals surface area contributed by atoms with Crippen molar-refractivity contribution in [2.45, 2.75) is 12.9 Å². The Kier molecular flexibility index (Phi) is 5.92. The maximum Gasteiger partial charge on any atom is 0.573 e. The molecule has 0 bridgehead atoms. The normalized spacial score (nSPS) is 15.3. The van der Waals surface area contributed by atoms with Gasteiger partial charge in [0.05, 0.1) is 5.02 Å². The predicted octanol–water partition coefficient (Wildman–Crippen LogP) is 4.73. The van der Waals surface area contributed by atoms with Gasteiger partial charge in [-0.25, -0.2) is 4.79 Å². The van der Waals surface area contributed by atoms with Crippen LogP contribution in [-0.2, 0) is 6.54 Å². The molecule has 2 amide bonds. The number of urea groups is 1. The first-order valence-electron chi connectivity index (χ1n) is 9.45. The van der Waals surface area contributed by atoms with Gasteiger partial charge >= 0.3 is 18.4 Å². The van der Waals surface area contributed by atoms with E-state index in [2.05, 4.69) is 19.9 Å². The van der Waals surface area contributed by atoms with E-state index < -0.39 is 12.1 Å². The van der Waals surface area contributed by atoms with Crippen molar-refractivity contribution in [3.63, 3.8) is 0 Å². The topological polar surface area (TPSA) is 70.8 Å². The minimum absolute atomic E-state index is 0.105. The number of benzene rings is 2. The zero-order valence-corrected chi connectivity index (χ0v) is 16.9. The highest BCUT2D eigenvalue weighted by Crippen LogP contribution is 2.31. The number of ether oxygens (including phenoxy) is 1. The van der Waals surface area contributed by atoms with Crippen LogP contribution in [0.25, 0.3) is 11.1 Å². The number of hydrogen-bond acceptors (Lipinski definition) is 5. The molecule has 0 unspecified atom stereocenters. The third-order valence-corrected chi connectivity index (χ3v) is 5.09. The summed E-state index contributed by atoms with van der Waals surface area (Å²) in [5.41, 5.74) is 2.00. The molecule has 1 saturated heterocycles. The average Bonchev–Trinajstić information content (AvgIpc) is 3.12. The van der Waals surface area contributed by atoms with Crippen molar-refractivity contribution >= 4 is 34.7 Å². The Morgan fingerprint density at radius 3 is 2.58 bits per heavy atom. The molecule has 0 aliphatic carbocycles. The van der Waals surface area contributed by atoms with E-state index in [0.717, 1.165) is 5.56 Å². The van der Waals surface area contributed by atoms with Gasteiger partial charge in [-0.2, -0.15) is 4.98 Å². The second kappa shape index (κ2) is 8.64. The molecule has 3 aromatic rings. The Labute approximate surface area is 180 Å². The highest BCUT2D eigenvalue weighted by molar-refractivity contribution is 6.32. The van der Waals surface area contributed by atoms with Crippen LogP contribution in [0.15, 0.2) is 46.9 Å². The average molecular weight is 455 g/mol. The Morgan fingerprint density at radius 2 is 1.90 bits per heavy atom. The van der Waals surface area contributed by atoms with Gasteiger partial charge in [0, 0.05) is 32.7 Å². The van der Waals surface area contributed by atoms with E-state index in [4.69, 9.17) is 16.0 Å². The summed E-state index contributed by atoms with van der Waals surface area (Å²) in [6, 6.07) is 11.3. The van der Waals surface area contributed by atoms with Crippen LogP contribution in [0.1, 0.15) is 5.56 Å². The van der Waals surface area contributed by atoms with Crippen LogP contribution in [0.5, 0.6) is 5.75 Å². The fraction of sp³-hybridized carbons (Fsp3) is 0.300. The number of nitrogens with one attached hydrogen (secondary N) is 1. The molecule has 31 heavy (non-hydrogen) atoms. The lowest BCUT2D eigenvalue weighted by Gasteiger charge is -2.34. The van der Waals surface area contributed by atoms with Crippen molar-refractivity contribution in [3.8, 4) is 5.75 Å². The highest BCUT2D eigenvalue weighted by Gasteiger charge is 2.32. The van der Waals surface area contributed by atoms with Crippen LogP contribution >= 0.6 is 11.6 Å². The molecule has 4 rings (SSSR count). The number of carbonyl (C=O) groups excluding carboxylic acids is 1. The summed E-state index contributed by atoms with van der Waals surface area (Å²) < 4.78 is 46.4. The minimum Gasteiger partial charge on any atom is -0.423 e. The van der Waals surface area contributed by atoms with Crippen molar-refractivity contribution in [2.24, 2.45) is 0 Å². The number of hydrogen-bond donors (Lipinski definition) is 1. The fourth-order valence-corrected chi connectivity index (χ4v) is 3.56.